The molecule has 4 rings (SSSR count). The van der Waals surface area contributed by atoms with Crippen molar-refractivity contribution in [3.05, 3.63) is 72.8 Å². The van der Waals surface area contributed by atoms with E-state index < -0.39 is 0 Å². The minimum Gasteiger partial charge on any atom is -0.494 e. The van der Waals surface area contributed by atoms with Crippen LogP contribution in [0.5, 0.6) is 11.8 Å². The first-order valence-electron chi connectivity index (χ1n) is 7.67. The number of benzene rings is 2. The van der Waals surface area contributed by atoms with Gasteiger partial charge in [0, 0.05) is 22.5 Å². The minimum atomic E-state index is 0.0303. The molecule has 0 amide bonds. The predicted octanol–water partition coefficient (Wildman–Crippen LogP) is 4.76. The standard InChI is InChI=1S/C20H16N2O2/c23-19-15(11-17(21-19)13-7-3-1-4-8-13)16-12-18(22-20(16)24)14-9-5-2-6-10-14/h1-12,21-24H. The van der Waals surface area contributed by atoms with Gasteiger partial charge in [-0.3, -0.25) is 0 Å². The van der Waals surface area contributed by atoms with Crippen molar-refractivity contribution in [1.29, 1.82) is 0 Å². The van der Waals surface area contributed by atoms with E-state index in [4.69, 9.17) is 0 Å². The Morgan fingerprint density at radius 3 is 1.29 bits per heavy atom. The summed E-state index contributed by atoms with van der Waals surface area (Å²) in [5, 5.41) is 20.5. The van der Waals surface area contributed by atoms with E-state index in [2.05, 4.69) is 9.97 Å². The van der Waals surface area contributed by atoms with Crippen molar-refractivity contribution in [1.82, 2.24) is 9.97 Å². The molecule has 2 aromatic heterocycles. The third kappa shape index (κ3) is 2.44. The predicted molar refractivity (Wildman–Crippen MR) is 94.8 cm³/mol. The zero-order valence-electron chi connectivity index (χ0n) is 12.8. The molecule has 4 N–H and O–H groups in total. The molecule has 0 saturated heterocycles. The van der Waals surface area contributed by atoms with Crippen LogP contribution in [0.4, 0.5) is 0 Å². The van der Waals surface area contributed by atoms with Crippen molar-refractivity contribution in [2.24, 2.45) is 0 Å². The van der Waals surface area contributed by atoms with Crippen LogP contribution in [0.1, 0.15) is 0 Å². The summed E-state index contributed by atoms with van der Waals surface area (Å²) in [6.45, 7) is 0. The fourth-order valence-corrected chi connectivity index (χ4v) is 2.84. The fraction of sp³-hybridized carbons (Fsp3) is 0. The zero-order chi connectivity index (χ0) is 16.5. The molecule has 4 nitrogen and oxygen atoms in total. The lowest BCUT2D eigenvalue weighted by Crippen LogP contribution is -1.74. The van der Waals surface area contributed by atoms with E-state index in [1.165, 1.54) is 0 Å². The Bertz CT molecular complexity index is 888. The number of hydrogen-bond acceptors (Lipinski definition) is 2. The van der Waals surface area contributed by atoms with Crippen LogP contribution < -0.4 is 0 Å². The van der Waals surface area contributed by atoms with Crippen LogP contribution in [-0.4, -0.2) is 20.2 Å². The molecule has 2 aromatic carbocycles. The molecule has 4 heteroatoms. The smallest absolute Gasteiger partial charge is 0.197 e. The summed E-state index contributed by atoms with van der Waals surface area (Å²) in [6, 6.07) is 23.1. The molecule has 0 radical (unpaired) electrons. The van der Waals surface area contributed by atoms with Crippen LogP contribution in [0.2, 0.25) is 0 Å². The second-order valence-corrected chi connectivity index (χ2v) is 5.62. The quantitative estimate of drug-likeness (QED) is 0.440. The highest BCUT2D eigenvalue weighted by Crippen LogP contribution is 2.40. The number of hydrogen-bond donors (Lipinski definition) is 4. The molecule has 4 aromatic rings. The second-order valence-electron chi connectivity index (χ2n) is 5.62. The SMILES string of the molecule is Oc1[nH]c(-c2ccccc2)cc1-c1cc(-c2ccccc2)[nH]c1O. The van der Waals surface area contributed by atoms with E-state index in [0.29, 0.717) is 11.1 Å². The van der Waals surface area contributed by atoms with E-state index in [-0.39, 0.29) is 11.8 Å². The molecule has 0 aliphatic heterocycles. The summed E-state index contributed by atoms with van der Waals surface area (Å²) in [7, 11) is 0. The Hall–Kier alpha value is -3.40. The van der Waals surface area contributed by atoms with Gasteiger partial charge in [0.2, 0.25) is 0 Å². The number of rotatable bonds is 3. The highest BCUT2D eigenvalue weighted by atomic mass is 16.3. The van der Waals surface area contributed by atoms with E-state index in [1.54, 1.807) is 0 Å². The lowest BCUT2D eigenvalue weighted by atomic mass is 10.1. The lowest BCUT2D eigenvalue weighted by molar-refractivity contribution is 0.451. The van der Waals surface area contributed by atoms with Crippen LogP contribution in [0, 0.1) is 0 Å². The maximum absolute atomic E-state index is 10.3. The summed E-state index contributed by atoms with van der Waals surface area (Å²) < 4.78 is 0. The molecule has 0 atom stereocenters. The number of H-pyrrole nitrogens is 2. The summed E-state index contributed by atoms with van der Waals surface area (Å²) in [6.07, 6.45) is 0. The molecule has 24 heavy (non-hydrogen) atoms. The van der Waals surface area contributed by atoms with Crippen LogP contribution >= 0.6 is 0 Å². The maximum Gasteiger partial charge on any atom is 0.197 e. The third-order valence-electron chi connectivity index (χ3n) is 4.05. The van der Waals surface area contributed by atoms with Crippen molar-refractivity contribution in [2.75, 3.05) is 0 Å². The Kier molecular flexibility index (Phi) is 3.35. The molecule has 0 fully saturated rings. The van der Waals surface area contributed by atoms with Crippen LogP contribution in [-0.2, 0) is 0 Å². The number of aromatic hydroxyl groups is 2. The molecule has 0 bridgehead atoms. The van der Waals surface area contributed by atoms with Gasteiger partial charge in [0.05, 0.1) is 0 Å². The van der Waals surface area contributed by atoms with Gasteiger partial charge < -0.3 is 20.2 Å². The average Bonchev–Trinajstić information content (AvgIpc) is 3.19. The summed E-state index contributed by atoms with van der Waals surface area (Å²) in [4.78, 5) is 5.93. The number of nitrogens with one attached hydrogen (secondary N) is 2. The van der Waals surface area contributed by atoms with Crippen molar-refractivity contribution in [2.45, 2.75) is 0 Å². The molecule has 0 saturated carbocycles. The van der Waals surface area contributed by atoms with Gasteiger partial charge in [0.15, 0.2) is 11.8 Å². The number of aromatic amines is 2. The van der Waals surface area contributed by atoms with Gasteiger partial charge in [0.1, 0.15) is 0 Å². The molecular formula is C20H16N2O2. The normalized spacial score (nSPS) is 10.8. The minimum absolute atomic E-state index is 0.0303. The third-order valence-corrected chi connectivity index (χ3v) is 4.05. The Labute approximate surface area is 139 Å². The van der Waals surface area contributed by atoms with E-state index in [9.17, 15) is 10.2 Å². The highest BCUT2D eigenvalue weighted by Gasteiger charge is 2.17. The molecular weight excluding hydrogens is 300 g/mol. The Morgan fingerprint density at radius 2 is 0.917 bits per heavy atom. The fourth-order valence-electron chi connectivity index (χ4n) is 2.84. The number of aromatic nitrogens is 2. The van der Waals surface area contributed by atoms with Crippen LogP contribution in [0.25, 0.3) is 33.6 Å². The summed E-state index contributed by atoms with van der Waals surface area (Å²) in [5.41, 5.74) is 4.65. The van der Waals surface area contributed by atoms with Gasteiger partial charge in [-0.25, -0.2) is 0 Å². The molecule has 2 heterocycles. The second kappa shape index (κ2) is 5.66. The summed E-state index contributed by atoms with van der Waals surface area (Å²) >= 11 is 0. The first-order valence-corrected chi connectivity index (χ1v) is 7.67. The van der Waals surface area contributed by atoms with E-state index in [1.807, 2.05) is 72.8 Å². The molecule has 0 aliphatic rings. The monoisotopic (exact) mass is 316 g/mol. The lowest BCUT2D eigenvalue weighted by Gasteiger charge is -1.95. The van der Waals surface area contributed by atoms with Gasteiger partial charge in [-0.2, -0.15) is 0 Å². The highest BCUT2D eigenvalue weighted by molar-refractivity contribution is 5.82. The molecule has 0 spiro atoms. The van der Waals surface area contributed by atoms with Crippen LogP contribution in [0.15, 0.2) is 72.8 Å². The molecule has 0 unspecified atom stereocenters. The zero-order valence-corrected chi connectivity index (χ0v) is 12.8. The van der Waals surface area contributed by atoms with E-state index >= 15 is 0 Å². The van der Waals surface area contributed by atoms with Gasteiger partial charge in [0.25, 0.3) is 0 Å². The first kappa shape index (κ1) is 14.2. The van der Waals surface area contributed by atoms with Crippen molar-refractivity contribution < 1.29 is 10.2 Å². The van der Waals surface area contributed by atoms with E-state index in [0.717, 1.165) is 22.5 Å². The largest absolute Gasteiger partial charge is 0.494 e. The molecule has 118 valence electrons. The molecule has 0 aliphatic carbocycles. The Balaban J connectivity index is 1.78. The summed E-state index contributed by atoms with van der Waals surface area (Å²) in [5.74, 6) is 0.0607. The average molecular weight is 316 g/mol. The van der Waals surface area contributed by atoms with Gasteiger partial charge >= 0.3 is 0 Å². The topological polar surface area (TPSA) is 72.0 Å². The van der Waals surface area contributed by atoms with Crippen LogP contribution in [0.3, 0.4) is 0 Å². The van der Waals surface area contributed by atoms with Crippen molar-refractivity contribution >= 4 is 0 Å². The first-order chi connectivity index (χ1) is 11.7. The van der Waals surface area contributed by atoms with Crippen molar-refractivity contribution in [3.8, 4) is 45.4 Å². The van der Waals surface area contributed by atoms with Gasteiger partial charge in [-0.15, -0.1) is 0 Å². The van der Waals surface area contributed by atoms with Crippen molar-refractivity contribution in [3.63, 3.8) is 0 Å². The Morgan fingerprint density at radius 1 is 0.542 bits per heavy atom. The van der Waals surface area contributed by atoms with Gasteiger partial charge in [-0.05, 0) is 23.3 Å². The maximum atomic E-state index is 10.3. The van der Waals surface area contributed by atoms with Gasteiger partial charge in [-0.1, -0.05) is 60.7 Å².